The molecule has 0 aliphatic carbocycles. The fourth-order valence-electron chi connectivity index (χ4n) is 9.01. The van der Waals surface area contributed by atoms with Crippen molar-refractivity contribution in [2.24, 2.45) is 0 Å². The predicted molar refractivity (Wildman–Crippen MR) is 253 cm³/mol. The lowest BCUT2D eigenvalue weighted by molar-refractivity contribution is 1.29. The van der Waals surface area contributed by atoms with Crippen LogP contribution in [0, 0.1) is 0 Å². The Kier molecular flexibility index (Phi) is 8.56. The number of anilines is 3. The number of nitrogens with zero attached hydrogens (tertiary/aromatic N) is 1. The fourth-order valence-corrected chi connectivity index (χ4v) is 9.01. The molecule has 0 saturated carbocycles. The van der Waals surface area contributed by atoms with Crippen molar-refractivity contribution in [3.05, 3.63) is 237 Å². The Balaban J connectivity index is 1.07. The minimum absolute atomic E-state index is 1.10. The molecular formula is C58H39N. The van der Waals surface area contributed by atoms with Gasteiger partial charge in [0.2, 0.25) is 0 Å². The number of hydrogen-bond donors (Lipinski definition) is 0. The van der Waals surface area contributed by atoms with Gasteiger partial charge in [-0.15, -0.1) is 0 Å². The topological polar surface area (TPSA) is 3.24 Å². The van der Waals surface area contributed by atoms with Crippen LogP contribution in [-0.4, -0.2) is 0 Å². The lowest BCUT2D eigenvalue weighted by Gasteiger charge is -2.27. The maximum absolute atomic E-state index is 2.40. The summed E-state index contributed by atoms with van der Waals surface area (Å²) in [5.74, 6) is 0. The van der Waals surface area contributed by atoms with Crippen LogP contribution in [0.1, 0.15) is 0 Å². The largest absolute Gasteiger partial charge is 0.310 e. The molecule has 0 spiro atoms. The highest BCUT2D eigenvalue weighted by atomic mass is 15.1. The Morgan fingerprint density at radius 3 is 1.27 bits per heavy atom. The van der Waals surface area contributed by atoms with Crippen LogP contribution < -0.4 is 4.90 Å². The van der Waals surface area contributed by atoms with Crippen molar-refractivity contribution in [3.8, 4) is 44.5 Å². The molecule has 0 bridgehead atoms. The summed E-state index contributed by atoms with van der Waals surface area (Å²) >= 11 is 0. The summed E-state index contributed by atoms with van der Waals surface area (Å²) in [7, 11) is 0. The summed E-state index contributed by atoms with van der Waals surface area (Å²) in [6, 6.07) is 86.2. The molecule has 0 unspecified atom stereocenters. The van der Waals surface area contributed by atoms with Crippen molar-refractivity contribution < 1.29 is 0 Å². The molecule has 11 rings (SSSR count). The number of rotatable bonds is 7. The van der Waals surface area contributed by atoms with E-state index in [-0.39, 0.29) is 0 Å². The second-order valence-corrected chi connectivity index (χ2v) is 15.3. The molecular weight excluding hydrogens is 711 g/mol. The first-order chi connectivity index (χ1) is 29.3. The normalized spacial score (nSPS) is 11.4. The van der Waals surface area contributed by atoms with Crippen LogP contribution >= 0.6 is 0 Å². The SMILES string of the molecule is c1ccc(-c2cccc(-c3ccc(N(c4ccc(-c5c(-c6ccccc6)ccc6ccccc56)cc4)c4ccc5c6ccccc6c6ccccc6c5c4)cc3)c2)cc1. The Labute approximate surface area is 344 Å². The molecule has 0 radical (unpaired) electrons. The van der Waals surface area contributed by atoms with E-state index in [2.05, 4.69) is 241 Å². The standard InChI is InChI=1S/C58H39N/c1-3-14-40(15-4-1)45-19-13-20-46(38-45)41-26-31-47(32-27-41)59(49-35-37-56-54-24-10-9-22-52(54)53-23-11-12-25-55(53)57(56)39-49)48-33-28-44(29-34-48)58-50-21-8-7-18-43(50)30-36-51(58)42-16-5-2-6-17-42/h1-39H. The van der Waals surface area contributed by atoms with E-state index in [9.17, 15) is 0 Å². The van der Waals surface area contributed by atoms with Crippen LogP contribution in [0.2, 0.25) is 0 Å². The van der Waals surface area contributed by atoms with Gasteiger partial charge in [-0.2, -0.15) is 0 Å². The second kappa shape index (κ2) is 14.6. The molecule has 0 N–H and O–H groups in total. The minimum atomic E-state index is 1.10. The number of hydrogen-bond acceptors (Lipinski definition) is 1. The molecule has 59 heavy (non-hydrogen) atoms. The quantitative estimate of drug-likeness (QED) is 0.147. The van der Waals surface area contributed by atoms with E-state index in [1.54, 1.807) is 0 Å². The van der Waals surface area contributed by atoms with Gasteiger partial charge in [0.15, 0.2) is 0 Å². The molecule has 1 heteroatoms. The third kappa shape index (κ3) is 6.21. The van der Waals surface area contributed by atoms with E-state index >= 15 is 0 Å². The van der Waals surface area contributed by atoms with Gasteiger partial charge in [0.1, 0.15) is 0 Å². The number of benzene rings is 11. The van der Waals surface area contributed by atoms with Crippen LogP contribution in [-0.2, 0) is 0 Å². The lowest BCUT2D eigenvalue weighted by atomic mass is 9.89. The van der Waals surface area contributed by atoms with Crippen molar-refractivity contribution in [2.45, 2.75) is 0 Å². The smallest absolute Gasteiger partial charge is 0.0468 e. The highest BCUT2D eigenvalue weighted by Crippen LogP contribution is 2.43. The first-order valence-electron chi connectivity index (χ1n) is 20.3. The lowest BCUT2D eigenvalue weighted by Crippen LogP contribution is -2.10. The summed E-state index contributed by atoms with van der Waals surface area (Å²) in [5.41, 5.74) is 13.0. The third-order valence-corrected chi connectivity index (χ3v) is 11.8. The Morgan fingerprint density at radius 1 is 0.220 bits per heavy atom. The summed E-state index contributed by atoms with van der Waals surface area (Å²) < 4.78 is 0. The van der Waals surface area contributed by atoms with Crippen molar-refractivity contribution >= 4 is 60.2 Å². The summed E-state index contributed by atoms with van der Waals surface area (Å²) in [4.78, 5) is 2.40. The van der Waals surface area contributed by atoms with E-state index in [4.69, 9.17) is 0 Å². The van der Waals surface area contributed by atoms with E-state index in [0.29, 0.717) is 0 Å². The molecule has 0 amide bonds. The molecule has 276 valence electrons. The van der Waals surface area contributed by atoms with Crippen LogP contribution in [0.15, 0.2) is 237 Å². The molecule has 11 aromatic carbocycles. The maximum atomic E-state index is 2.40. The summed E-state index contributed by atoms with van der Waals surface area (Å²) in [5, 5.41) is 10.1. The summed E-state index contributed by atoms with van der Waals surface area (Å²) in [6.07, 6.45) is 0. The van der Waals surface area contributed by atoms with E-state index in [1.165, 1.54) is 87.6 Å². The average Bonchev–Trinajstić information content (AvgIpc) is 3.32. The van der Waals surface area contributed by atoms with Crippen LogP contribution in [0.25, 0.3) is 87.6 Å². The minimum Gasteiger partial charge on any atom is -0.310 e. The van der Waals surface area contributed by atoms with Crippen molar-refractivity contribution in [1.82, 2.24) is 0 Å². The fraction of sp³-hybridized carbons (Fsp3) is 0. The molecule has 0 aliphatic heterocycles. The molecule has 0 saturated heterocycles. The zero-order chi connectivity index (χ0) is 39.1. The Morgan fingerprint density at radius 2 is 0.661 bits per heavy atom. The third-order valence-electron chi connectivity index (χ3n) is 11.8. The molecule has 0 aliphatic rings. The Bertz CT molecular complexity index is 3260. The van der Waals surface area contributed by atoms with Crippen LogP contribution in [0.5, 0.6) is 0 Å². The van der Waals surface area contributed by atoms with Gasteiger partial charge < -0.3 is 4.90 Å². The van der Waals surface area contributed by atoms with Gasteiger partial charge in [-0.3, -0.25) is 0 Å². The first-order valence-corrected chi connectivity index (χ1v) is 20.3. The average molecular weight is 750 g/mol. The maximum Gasteiger partial charge on any atom is 0.0468 e. The highest BCUT2D eigenvalue weighted by molar-refractivity contribution is 6.25. The van der Waals surface area contributed by atoms with Gasteiger partial charge in [-0.05, 0) is 130 Å². The molecule has 11 aromatic rings. The molecule has 0 fully saturated rings. The van der Waals surface area contributed by atoms with Gasteiger partial charge in [0.05, 0.1) is 0 Å². The van der Waals surface area contributed by atoms with E-state index in [1.807, 2.05) is 0 Å². The van der Waals surface area contributed by atoms with E-state index < -0.39 is 0 Å². The van der Waals surface area contributed by atoms with Crippen molar-refractivity contribution in [2.75, 3.05) is 4.90 Å². The highest BCUT2D eigenvalue weighted by Gasteiger charge is 2.18. The van der Waals surface area contributed by atoms with Gasteiger partial charge in [-0.1, -0.05) is 194 Å². The van der Waals surface area contributed by atoms with Gasteiger partial charge in [0.25, 0.3) is 0 Å². The molecule has 0 atom stereocenters. The van der Waals surface area contributed by atoms with Gasteiger partial charge >= 0.3 is 0 Å². The summed E-state index contributed by atoms with van der Waals surface area (Å²) in [6.45, 7) is 0. The zero-order valence-corrected chi connectivity index (χ0v) is 32.5. The van der Waals surface area contributed by atoms with Gasteiger partial charge in [-0.25, -0.2) is 0 Å². The monoisotopic (exact) mass is 749 g/mol. The van der Waals surface area contributed by atoms with Crippen LogP contribution in [0.3, 0.4) is 0 Å². The van der Waals surface area contributed by atoms with Gasteiger partial charge in [0, 0.05) is 17.1 Å². The zero-order valence-electron chi connectivity index (χ0n) is 32.5. The molecule has 1 nitrogen and oxygen atoms in total. The van der Waals surface area contributed by atoms with Crippen LogP contribution in [0.4, 0.5) is 17.1 Å². The van der Waals surface area contributed by atoms with Crippen molar-refractivity contribution in [1.29, 1.82) is 0 Å². The van der Waals surface area contributed by atoms with Crippen molar-refractivity contribution in [3.63, 3.8) is 0 Å². The predicted octanol–water partition coefficient (Wildman–Crippen LogP) is 16.4. The Hall–Kier alpha value is -7.74. The second-order valence-electron chi connectivity index (χ2n) is 15.3. The molecule has 0 aromatic heterocycles. The van der Waals surface area contributed by atoms with E-state index in [0.717, 1.165) is 17.1 Å². The molecule has 0 heterocycles. The number of fused-ring (bicyclic) bond motifs is 7. The first kappa shape index (κ1) is 34.5.